The van der Waals surface area contributed by atoms with E-state index in [0.29, 0.717) is 17.9 Å². The first-order chi connectivity index (χ1) is 10.1. The SMILES string of the molecule is CC(=O)NC1CCC(C=C(C#N)C2CCC(C)CC2)CC1. The molecule has 21 heavy (non-hydrogen) atoms. The molecule has 0 radical (unpaired) electrons. The zero-order chi connectivity index (χ0) is 15.2. The number of nitrogens with zero attached hydrogens (tertiary/aromatic N) is 1. The summed E-state index contributed by atoms with van der Waals surface area (Å²) in [4.78, 5) is 11.1. The van der Waals surface area contributed by atoms with Crippen LogP contribution in [0.1, 0.15) is 65.2 Å². The van der Waals surface area contributed by atoms with Crippen LogP contribution >= 0.6 is 0 Å². The van der Waals surface area contributed by atoms with E-state index in [1.807, 2.05) is 0 Å². The van der Waals surface area contributed by atoms with Gasteiger partial charge in [0.15, 0.2) is 0 Å². The lowest BCUT2D eigenvalue weighted by atomic mass is 9.77. The summed E-state index contributed by atoms with van der Waals surface area (Å²) in [6.07, 6.45) is 11.4. The number of carbonyl (C=O) groups excluding carboxylic acids is 1. The molecule has 0 aromatic carbocycles. The average Bonchev–Trinajstić information content (AvgIpc) is 2.47. The Morgan fingerprint density at radius 3 is 2.24 bits per heavy atom. The molecule has 116 valence electrons. The molecule has 2 aliphatic carbocycles. The minimum atomic E-state index is 0.0723. The highest BCUT2D eigenvalue weighted by Crippen LogP contribution is 2.35. The Balaban J connectivity index is 1.87. The maximum absolute atomic E-state index is 11.1. The third-order valence-corrected chi connectivity index (χ3v) is 5.18. The molecular weight excluding hydrogens is 260 g/mol. The number of carbonyl (C=O) groups is 1. The molecule has 3 nitrogen and oxygen atoms in total. The summed E-state index contributed by atoms with van der Waals surface area (Å²) >= 11 is 0. The smallest absolute Gasteiger partial charge is 0.217 e. The molecule has 0 bridgehead atoms. The van der Waals surface area contributed by atoms with E-state index in [1.54, 1.807) is 6.92 Å². The van der Waals surface area contributed by atoms with Crippen LogP contribution in [0.5, 0.6) is 0 Å². The molecule has 1 N–H and O–H groups in total. The van der Waals surface area contributed by atoms with Crippen molar-refractivity contribution in [3.8, 4) is 6.07 Å². The van der Waals surface area contributed by atoms with Gasteiger partial charge in [-0.1, -0.05) is 25.8 Å². The van der Waals surface area contributed by atoms with Gasteiger partial charge in [-0.15, -0.1) is 0 Å². The van der Waals surface area contributed by atoms with Gasteiger partial charge < -0.3 is 5.32 Å². The quantitative estimate of drug-likeness (QED) is 0.799. The minimum Gasteiger partial charge on any atom is -0.354 e. The van der Waals surface area contributed by atoms with Gasteiger partial charge >= 0.3 is 0 Å². The first-order valence-electron chi connectivity index (χ1n) is 8.47. The molecule has 2 rings (SSSR count). The van der Waals surface area contributed by atoms with E-state index >= 15 is 0 Å². The summed E-state index contributed by atoms with van der Waals surface area (Å²) in [6, 6.07) is 2.81. The highest BCUT2D eigenvalue weighted by Gasteiger charge is 2.24. The first kappa shape index (κ1) is 16.1. The molecule has 0 spiro atoms. The molecule has 0 aromatic heterocycles. The van der Waals surface area contributed by atoms with Gasteiger partial charge in [0.2, 0.25) is 5.91 Å². The van der Waals surface area contributed by atoms with E-state index in [0.717, 1.165) is 37.2 Å². The lowest BCUT2D eigenvalue weighted by Gasteiger charge is -2.29. The Morgan fingerprint density at radius 2 is 1.71 bits per heavy atom. The van der Waals surface area contributed by atoms with E-state index in [1.165, 1.54) is 25.7 Å². The maximum Gasteiger partial charge on any atom is 0.217 e. The van der Waals surface area contributed by atoms with Crippen LogP contribution in [0.4, 0.5) is 0 Å². The average molecular weight is 288 g/mol. The van der Waals surface area contributed by atoms with Crippen molar-refractivity contribution in [2.75, 3.05) is 0 Å². The van der Waals surface area contributed by atoms with Gasteiger partial charge in [-0.05, 0) is 56.3 Å². The molecular formula is C18H28N2O. The maximum atomic E-state index is 11.1. The molecule has 0 aliphatic heterocycles. The van der Waals surface area contributed by atoms with Crippen LogP contribution in [-0.4, -0.2) is 11.9 Å². The predicted octanol–water partition coefficient (Wildman–Crippen LogP) is 3.96. The van der Waals surface area contributed by atoms with Crippen molar-refractivity contribution in [2.45, 2.75) is 71.3 Å². The van der Waals surface area contributed by atoms with E-state index in [4.69, 9.17) is 0 Å². The number of allylic oxidation sites excluding steroid dienone is 2. The minimum absolute atomic E-state index is 0.0723. The number of hydrogen-bond donors (Lipinski definition) is 1. The summed E-state index contributed by atoms with van der Waals surface area (Å²) in [5.41, 5.74) is 1.03. The predicted molar refractivity (Wildman–Crippen MR) is 84.4 cm³/mol. The number of rotatable bonds is 3. The van der Waals surface area contributed by atoms with Crippen molar-refractivity contribution >= 4 is 5.91 Å². The van der Waals surface area contributed by atoms with Crippen LogP contribution in [0, 0.1) is 29.1 Å². The molecule has 0 atom stereocenters. The second-order valence-corrected chi connectivity index (χ2v) is 7.00. The largest absolute Gasteiger partial charge is 0.354 e. The second-order valence-electron chi connectivity index (χ2n) is 7.00. The Labute approximate surface area is 128 Å². The van der Waals surface area contributed by atoms with Crippen LogP contribution in [0.3, 0.4) is 0 Å². The molecule has 1 amide bonds. The van der Waals surface area contributed by atoms with Gasteiger partial charge in [-0.25, -0.2) is 0 Å². The van der Waals surface area contributed by atoms with Crippen LogP contribution in [0.15, 0.2) is 11.6 Å². The number of amides is 1. The third kappa shape index (κ3) is 4.88. The van der Waals surface area contributed by atoms with Gasteiger partial charge in [0.05, 0.1) is 6.07 Å². The third-order valence-electron chi connectivity index (χ3n) is 5.18. The van der Waals surface area contributed by atoms with E-state index in [-0.39, 0.29) is 5.91 Å². The fourth-order valence-corrected chi connectivity index (χ4v) is 3.81. The molecule has 0 unspecified atom stereocenters. The summed E-state index contributed by atoms with van der Waals surface area (Å²) in [7, 11) is 0. The molecule has 0 saturated heterocycles. The Hall–Kier alpha value is -1.30. The van der Waals surface area contributed by atoms with Crippen LogP contribution in [0.25, 0.3) is 0 Å². The normalized spacial score (nSPS) is 34.0. The van der Waals surface area contributed by atoms with Gasteiger partial charge in [-0.2, -0.15) is 5.26 Å². The second kappa shape index (κ2) is 7.64. The summed E-state index contributed by atoms with van der Waals surface area (Å²) in [5, 5.41) is 12.5. The van der Waals surface area contributed by atoms with Gasteiger partial charge in [0.1, 0.15) is 0 Å². The fraction of sp³-hybridized carbons (Fsp3) is 0.778. The van der Waals surface area contributed by atoms with Crippen molar-refractivity contribution < 1.29 is 4.79 Å². The van der Waals surface area contributed by atoms with Crippen molar-refractivity contribution in [3.05, 3.63) is 11.6 Å². The molecule has 3 heteroatoms. The highest BCUT2D eigenvalue weighted by atomic mass is 16.1. The fourth-order valence-electron chi connectivity index (χ4n) is 3.81. The zero-order valence-corrected chi connectivity index (χ0v) is 13.4. The number of nitrogens with one attached hydrogen (secondary N) is 1. The monoisotopic (exact) mass is 288 g/mol. The van der Waals surface area contributed by atoms with Crippen LogP contribution < -0.4 is 5.32 Å². The summed E-state index contributed by atoms with van der Waals surface area (Å²) in [5.74, 6) is 1.93. The van der Waals surface area contributed by atoms with Crippen molar-refractivity contribution in [1.29, 1.82) is 5.26 Å². The van der Waals surface area contributed by atoms with E-state index in [2.05, 4.69) is 24.4 Å². The standard InChI is InChI=1S/C18H28N2O/c1-13-3-7-16(8-4-13)17(12-19)11-15-5-9-18(10-6-15)20-14(2)21/h11,13,15-16,18H,3-10H2,1-2H3,(H,20,21). The number of hydrogen-bond acceptors (Lipinski definition) is 2. The highest BCUT2D eigenvalue weighted by molar-refractivity contribution is 5.73. The van der Waals surface area contributed by atoms with Gasteiger partial charge in [0, 0.05) is 18.5 Å². The molecule has 2 fully saturated rings. The summed E-state index contributed by atoms with van der Waals surface area (Å²) in [6.45, 7) is 3.90. The zero-order valence-electron chi connectivity index (χ0n) is 13.4. The molecule has 2 aliphatic rings. The Bertz CT molecular complexity index is 419. The lowest BCUT2D eigenvalue weighted by Crippen LogP contribution is -2.36. The Kier molecular flexibility index (Phi) is 5.85. The van der Waals surface area contributed by atoms with Gasteiger partial charge in [0.25, 0.3) is 0 Å². The Morgan fingerprint density at radius 1 is 1.10 bits per heavy atom. The van der Waals surface area contributed by atoms with Crippen LogP contribution in [0.2, 0.25) is 0 Å². The van der Waals surface area contributed by atoms with E-state index in [9.17, 15) is 10.1 Å². The van der Waals surface area contributed by atoms with Gasteiger partial charge in [-0.3, -0.25) is 4.79 Å². The van der Waals surface area contributed by atoms with Crippen molar-refractivity contribution in [1.82, 2.24) is 5.32 Å². The lowest BCUT2D eigenvalue weighted by molar-refractivity contribution is -0.119. The number of nitriles is 1. The van der Waals surface area contributed by atoms with Crippen molar-refractivity contribution in [3.63, 3.8) is 0 Å². The summed E-state index contributed by atoms with van der Waals surface area (Å²) < 4.78 is 0. The van der Waals surface area contributed by atoms with Crippen LogP contribution in [-0.2, 0) is 4.79 Å². The molecule has 0 aromatic rings. The molecule has 0 heterocycles. The molecule has 2 saturated carbocycles. The first-order valence-corrected chi connectivity index (χ1v) is 8.47. The van der Waals surface area contributed by atoms with E-state index < -0.39 is 0 Å². The van der Waals surface area contributed by atoms with Crippen molar-refractivity contribution in [2.24, 2.45) is 17.8 Å². The topological polar surface area (TPSA) is 52.9 Å².